The van der Waals surface area contributed by atoms with E-state index >= 15 is 0 Å². The molecule has 2 aromatic rings. The van der Waals surface area contributed by atoms with E-state index in [9.17, 15) is 4.79 Å². The molecule has 0 aliphatic heterocycles. The number of rotatable bonds is 4. The van der Waals surface area contributed by atoms with E-state index in [0.717, 1.165) is 16.0 Å². The maximum atomic E-state index is 12.2. The van der Waals surface area contributed by atoms with Crippen LogP contribution in [0.25, 0.3) is 0 Å². The Morgan fingerprint density at radius 3 is 2.95 bits per heavy atom. The highest BCUT2D eigenvalue weighted by molar-refractivity contribution is 9.10. The molecular weight excluding hydrogens is 360 g/mol. The number of halogens is 1. The fraction of sp³-hybridized carbons (Fsp3) is 0.167. The Hall–Kier alpha value is -1.38. The lowest BCUT2D eigenvalue weighted by Gasteiger charge is -2.10. The van der Waals surface area contributed by atoms with Crippen molar-refractivity contribution < 1.29 is 4.79 Å². The minimum atomic E-state index is -0.253. The molecule has 0 atom stereocenters. The highest BCUT2D eigenvalue weighted by Crippen LogP contribution is 2.22. The summed E-state index contributed by atoms with van der Waals surface area (Å²) in [5.74, 6) is -0.253. The van der Waals surface area contributed by atoms with E-state index in [1.54, 1.807) is 12.1 Å². The summed E-state index contributed by atoms with van der Waals surface area (Å²) in [7, 11) is 0. The first-order chi connectivity index (χ1) is 9.52. The first kappa shape index (κ1) is 15.0. The van der Waals surface area contributed by atoms with Crippen LogP contribution in [-0.2, 0) is 6.42 Å². The third-order valence-electron chi connectivity index (χ3n) is 2.59. The fourth-order valence-corrected chi connectivity index (χ4v) is 2.80. The van der Waals surface area contributed by atoms with Crippen molar-refractivity contribution in [3.8, 4) is 0 Å². The molecule has 0 aliphatic rings. The minimum absolute atomic E-state index is 0.222. The Morgan fingerprint density at radius 1 is 1.55 bits per heavy atom. The van der Waals surface area contributed by atoms with Gasteiger partial charge in [-0.15, -0.1) is 5.10 Å². The van der Waals surface area contributed by atoms with Crippen LogP contribution in [0.1, 0.15) is 27.9 Å². The van der Waals surface area contributed by atoms with Crippen molar-refractivity contribution in [1.82, 2.24) is 9.59 Å². The molecular formula is C12H11BrN4OS2. The molecule has 0 aliphatic carbocycles. The topological polar surface area (TPSA) is 80.9 Å². The van der Waals surface area contributed by atoms with Crippen molar-refractivity contribution in [3.63, 3.8) is 0 Å². The van der Waals surface area contributed by atoms with Crippen molar-refractivity contribution in [1.29, 1.82) is 0 Å². The predicted molar refractivity (Wildman–Crippen MR) is 87.3 cm³/mol. The smallest absolute Gasteiger partial charge is 0.269 e. The summed E-state index contributed by atoms with van der Waals surface area (Å²) in [5, 5.41) is 6.72. The van der Waals surface area contributed by atoms with E-state index in [-0.39, 0.29) is 10.9 Å². The second-order valence-electron chi connectivity index (χ2n) is 3.91. The van der Waals surface area contributed by atoms with Gasteiger partial charge in [0.2, 0.25) is 0 Å². The quantitative estimate of drug-likeness (QED) is 0.808. The van der Waals surface area contributed by atoms with E-state index in [2.05, 4.69) is 30.8 Å². The van der Waals surface area contributed by atoms with E-state index in [1.165, 1.54) is 0 Å². The average Bonchev–Trinajstić information content (AvgIpc) is 2.89. The molecule has 1 aromatic carbocycles. The Bertz CT molecular complexity index is 671. The van der Waals surface area contributed by atoms with Crippen molar-refractivity contribution in [3.05, 3.63) is 38.8 Å². The highest BCUT2D eigenvalue weighted by Gasteiger charge is 2.17. The van der Waals surface area contributed by atoms with Gasteiger partial charge < -0.3 is 11.1 Å². The van der Waals surface area contributed by atoms with E-state index in [1.807, 2.05) is 13.0 Å². The minimum Gasteiger partial charge on any atom is -0.389 e. The van der Waals surface area contributed by atoms with Gasteiger partial charge in [0.15, 0.2) is 0 Å². The van der Waals surface area contributed by atoms with Crippen LogP contribution >= 0.6 is 39.7 Å². The summed E-state index contributed by atoms with van der Waals surface area (Å²) in [4.78, 5) is 13.0. The summed E-state index contributed by atoms with van der Waals surface area (Å²) < 4.78 is 4.64. The number of thiocarbonyl (C=S) groups is 1. The largest absolute Gasteiger partial charge is 0.389 e. The van der Waals surface area contributed by atoms with Gasteiger partial charge in [-0.1, -0.05) is 39.6 Å². The molecule has 0 bridgehead atoms. The lowest BCUT2D eigenvalue weighted by Crippen LogP contribution is -2.17. The number of nitrogens with zero attached hydrogens (tertiary/aromatic N) is 2. The van der Waals surface area contributed by atoms with Gasteiger partial charge in [-0.25, -0.2) is 0 Å². The molecule has 0 fully saturated rings. The first-order valence-corrected chi connectivity index (χ1v) is 7.72. The average molecular weight is 371 g/mol. The van der Waals surface area contributed by atoms with Gasteiger partial charge in [0.05, 0.1) is 11.4 Å². The van der Waals surface area contributed by atoms with Crippen LogP contribution in [0.2, 0.25) is 0 Å². The molecule has 1 aromatic heterocycles. The monoisotopic (exact) mass is 370 g/mol. The molecule has 0 spiro atoms. The van der Waals surface area contributed by atoms with Crippen molar-refractivity contribution >= 4 is 56.3 Å². The summed E-state index contributed by atoms with van der Waals surface area (Å²) in [6, 6.07) is 5.32. The van der Waals surface area contributed by atoms with Crippen molar-refractivity contribution in [2.24, 2.45) is 5.73 Å². The summed E-state index contributed by atoms with van der Waals surface area (Å²) >= 11 is 9.41. The standard InChI is InChI=1S/C12H11BrN4OS2/c1-2-8-10(20-17-16-8)12(18)15-9-4-3-6(13)5-7(9)11(14)19/h3-5H,2H2,1H3,(H2,14,19)(H,15,18). The molecule has 20 heavy (non-hydrogen) atoms. The van der Waals surface area contributed by atoms with Gasteiger partial charge in [0, 0.05) is 10.0 Å². The van der Waals surface area contributed by atoms with E-state index in [4.69, 9.17) is 18.0 Å². The summed E-state index contributed by atoms with van der Waals surface area (Å²) in [6.07, 6.45) is 0.655. The summed E-state index contributed by atoms with van der Waals surface area (Å²) in [6.45, 7) is 1.92. The zero-order chi connectivity index (χ0) is 14.7. The molecule has 3 N–H and O–H groups in total. The Labute approximate surface area is 133 Å². The molecule has 1 heterocycles. The predicted octanol–water partition coefficient (Wildman–Crippen LogP) is 2.75. The Balaban J connectivity index is 2.31. The van der Waals surface area contributed by atoms with Gasteiger partial charge in [-0.05, 0) is 36.2 Å². The molecule has 2 rings (SSSR count). The number of hydrogen-bond acceptors (Lipinski definition) is 5. The molecule has 8 heteroatoms. The second kappa shape index (κ2) is 6.38. The van der Waals surface area contributed by atoms with Gasteiger partial charge in [-0.3, -0.25) is 4.79 Å². The number of amides is 1. The van der Waals surface area contributed by atoms with Crippen LogP contribution in [-0.4, -0.2) is 20.5 Å². The molecule has 0 saturated carbocycles. The normalized spacial score (nSPS) is 10.3. The lowest BCUT2D eigenvalue weighted by atomic mass is 10.1. The van der Waals surface area contributed by atoms with Crippen molar-refractivity contribution in [2.45, 2.75) is 13.3 Å². The number of carbonyl (C=O) groups is 1. The van der Waals surface area contributed by atoms with Gasteiger partial charge in [0.1, 0.15) is 9.87 Å². The van der Waals surface area contributed by atoms with Crippen molar-refractivity contribution in [2.75, 3.05) is 5.32 Å². The van der Waals surface area contributed by atoms with Crippen LogP contribution in [0.4, 0.5) is 5.69 Å². The lowest BCUT2D eigenvalue weighted by molar-refractivity contribution is 0.102. The van der Waals surface area contributed by atoms with Gasteiger partial charge in [-0.2, -0.15) is 0 Å². The van der Waals surface area contributed by atoms with Crippen LogP contribution in [0, 0.1) is 0 Å². The maximum Gasteiger partial charge on any atom is 0.269 e. The molecule has 5 nitrogen and oxygen atoms in total. The summed E-state index contributed by atoms with van der Waals surface area (Å²) in [5.41, 5.74) is 7.53. The molecule has 1 amide bonds. The second-order valence-corrected chi connectivity index (χ2v) is 6.02. The third kappa shape index (κ3) is 3.20. The SMILES string of the molecule is CCc1nnsc1C(=O)Nc1ccc(Br)cc1C(N)=S. The van der Waals surface area contributed by atoms with Crippen LogP contribution < -0.4 is 11.1 Å². The van der Waals surface area contributed by atoms with Gasteiger partial charge >= 0.3 is 0 Å². The van der Waals surface area contributed by atoms with E-state index < -0.39 is 0 Å². The molecule has 104 valence electrons. The van der Waals surface area contributed by atoms with Gasteiger partial charge in [0.25, 0.3) is 5.91 Å². The first-order valence-electron chi connectivity index (χ1n) is 5.74. The molecule has 0 unspecified atom stereocenters. The number of nitrogens with one attached hydrogen (secondary N) is 1. The van der Waals surface area contributed by atoms with E-state index in [0.29, 0.717) is 28.2 Å². The number of aryl methyl sites for hydroxylation is 1. The van der Waals surface area contributed by atoms with Crippen LogP contribution in [0.3, 0.4) is 0 Å². The van der Waals surface area contributed by atoms with Crippen LogP contribution in [0.5, 0.6) is 0 Å². The highest BCUT2D eigenvalue weighted by atomic mass is 79.9. The number of nitrogens with two attached hydrogens (primary N) is 1. The maximum absolute atomic E-state index is 12.2. The third-order valence-corrected chi connectivity index (χ3v) is 4.07. The fourth-order valence-electron chi connectivity index (χ4n) is 1.62. The molecule has 0 saturated heterocycles. The number of hydrogen-bond donors (Lipinski definition) is 2. The zero-order valence-corrected chi connectivity index (χ0v) is 13.7. The Morgan fingerprint density at radius 2 is 2.30 bits per heavy atom. The Kier molecular flexibility index (Phi) is 4.79. The molecule has 0 radical (unpaired) electrons. The number of benzene rings is 1. The van der Waals surface area contributed by atoms with Crippen LogP contribution in [0.15, 0.2) is 22.7 Å². The number of carbonyl (C=O) groups excluding carboxylic acids is 1. The zero-order valence-electron chi connectivity index (χ0n) is 10.5. The number of aromatic nitrogens is 2. The number of anilines is 1.